The van der Waals surface area contributed by atoms with Gasteiger partial charge in [-0.1, -0.05) is 6.92 Å². The zero-order chi connectivity index (χ0) is 15.2. The predicted molar refractivity (Wildman–Crippen MR) is 84.0 cm³/mol. The van der Waals surface area contributed by atoms with Gasteiger partial charge in [-0.05, 0) is 43.3 Å². The van der Waals surface area contributed by atoms with Crippen LogP contribution < -0.4 is 14.8 Å². The molecule has 0 saturated carbocycles. The van der Waals surface area contributed by atoms with Gasteiger partial charge < -0.3 is 14.8 Å². The van der Waals surface area contributed by atoms with Crippen LogP contribution in [0.4, 0.5) is 0 Å². The Hall–Kier alpha value is -2.07. The summed E-state index contributed by atoms with van der Waals surface area (Å²) >= 11 is 0. The fraction of sp³-hybridized carbons (Fsp3) is 0.353. The third-order valence-corrected chi connectivity index (χ3v) is 3.41. The molecule has 0 spiro atoms. The first-order chi connectivity index (χ1) is 10.2. The van der Waals surface area contributed by atoms with E-state index < -0.39 is 0 Å². The summed E-state index contributed by atoms with van der Waals surface area (Å²) in [6, 6.07) is 10.1. The summed E-state index contributed by atoms with van der Waals surface area (Å²) in [5.41, 5.74) is 3.27. The maximum atomic E-state index is 5.53. The van der Waals surface area contributed by atoms with Crippen molar-refractivity contribution < 1.29 is 9.47 Å². The number of ether oxygens (including phenoxy) is 2. The quantitative estimate of drug-likeness (QED) is 0.886. The lowest BCUT2D eigenvalue weighted by molar-refractivity contribution is 0.387. The molecule has 1 aromatic carbocycles. The van der Waals surface area contributed by atoms with E-state index >= 15 is 0 Å². The molecule has 21 heavy (non-hydrogen) atoms. The fourth-order valence-electron chi connectivity index (χ4n) is 2.42. The number of aryl methyl sites for hydroxylation is 1. The fourth-order valence-corrected chi connectivity index (χ4v) is 2.42. The average Bonchev–Trinajstić information content (AvgIpc) is 2.52. The van der Waals surface area contributed by atoms with E-state index in [0.717, 1.165) is 29.3 Å². The Balaban J connectivity index is 2.47. The minimum atomic E-state index is 0.0672. The number of aromatic nitrogens is 1. The third kappa shape index (κ3) is 3.52. The van der Waals surface area contributed by atoms with Crippen LogP contribution in [0, 0.1) is 6.92 Å². The molecule has 1 heterocycles. The summed E-state index contributed by atoms with van der Waals surface area (Å²) in [5.74, 6) is 1.60. The molecule has 1 N–H and O–H groups in total. The molecular weight excluding hydrogens is 264 g/mol. The normalized spacial score (nSPS) is 12.0. The Morgan fingerprint density at radius 2 is 1.95 bits per heavy atom. The van der Waals surface area contributed by atoms with Crippen LogP contribution in [-0.4, -0.2) is 25.7 Å². The van der Waals surface area contributed by atoms with E-state index in [4.69, 9.17) is 9.47 Å². The van der Waals surface area contributed by atoms with Gasteiger partial charge in [0, 0.05) is 23.5 Å². The summed E-state index contributed by atoms with van der Waals surface area (Å²) < 4.78 is 10.8. The van der Waals surface area contributed by atoms with Gasteiger partial charge in [0.15, 0.2) is 0 Å². The van der Waals surface area contributed by atoms with Crippen LogP contribution in [-0.2, 0) is 0 Å². The van der Waals surface area contributed by atoms with Crippen molar-refractivity contribution in [3.8, 4) is 11.5 Å². The number of pyridine rings is 1. The Labute approximate surface area is 126 Å². The smallest absolute Gasteiger partial charge is 0.127 e. The van der Waals surface area contributed by atoms with Gasteiger partial charge in [-0.3, -0.25) is 4.98 Å². The van der Waals surface area contributed by atoms with E-state index in [-0.39, 0.29) is 6.04 Å². The van der Waals surface area contributed by atoms with E-state index in [0.29, 0.717) is 0 Å². The van der Waals surface area contributed by atoms with Gasteiger partial charge in [0.2, 0.25) is 0 Å². The maximum Gasteiger partial charge on any atom is 0.127 e. The van der Waals surface area contributed by atoms with Crippen molar-refractivity contribution in [2.75, 3.05) is 20.8 Å². The average molecular weight is 286 g/mol. The summed E-state index contributed by atoms with van der Waals surface area (Å²) in [7, 11) is 3.33. The molecule has 112 valence electrons. The number of nitrogens with one attached hydrogen (secondary N) is 1. The Bertz CT molecular complexity index is 599. The molecule has 4 nitrogen and oxygen atoms in total. The minimum absolute atomic E-state index is 0.0672. The first-order valence-electron chi connectivity index (χ1n) is 7.07. The molecule has 2 aromatic rings. The van der Waals surface area contributed by atoms with Crippen LogP contribution in [0.5, 0.6) is 11.5 Å². The van der Waals surface area contributed by atoms with Gasteiger partial charge >= 0.3 is 0 Å². The van der Waals surface area contributed by atoms with Gasteiger partial charge in [0.05, 0.1) is 20.3 Å². The first-order valence-corrected chi connectivity index (χ1v) is 7.07. The van der Waals surface area contributed by atoms with E-state index in [9.17, 15) is 0 Å². The van der Waals surface area contributed by atoms with Gasteiger partial charge in [-0.2, -0.15) is 0 Å². The van der Waals surface area contributed by atoms with Gasteiger partial charge in [-0.25, -0.2) is 0 Å². The minimum Gasteiger partial charge on any atom is -0.497 e. The lowest BCUT2D eigenvalue weighted by Crippen LogP contribution is -2.22. The van der Waals surface area contributed by atoms with Crippen molar-refractivity contribution in [1.29, 1.82) is 0 Å². The largest absolute Gasteiger partial charge is 0.497 e. The molecule has 2 rings (SSSR count). The molecule has 4 heteroatoms. The molecule has 0 aliphatic heterocycles. The standard InChI is InChI=1S/C17H22N2O2/c1-5-18-17(13-8-9-19-12(2)10-13)15-7-6-14(20-3)11-16(15)21-4/h6-11,17-18H,5H2,1-4H3. The highest BCUT2D eigenvalue weighted by Crippen LogP contribution is 2.33. The molecule has 1 aromatic heterocycles. The molecule has 1 unspecified atom stereocenters. The highest BCUT2D eigenvalue weighted by molar-refractivity contribution is 5.46. The molecule has 0 saturated heterocycles. The van der Waals surface area contributed by atoms with Crippen LogP contribution in [0.15, 0.2) is 36.5 Å². The zero-order valence-electron chi connectivity index (χ0n) is 13.0. The summed E-state index contributed by atoms with van der Waals surface area (Å²) in [4.78, 5) is 4.27. The Kier molecular flexibility index (Phi) is 5.17. The summed E-state index contributed by atoms with van der Waals surface area (Å²) in [6.45, 7) is 4.95. The zero-order valence-corrected chi connectivity index (χ0v) is 13.0. The van der Waals surface area contributed by atoms with Crippen molar-refractivity contribution in [2.24, 2.45) is 0 Å². The third-order valence-electron chi connectivity index (χ3n) is 3.41. The van der Waals surface area contributed by atoms with Crippen LogP contribution in [0.25, 0.3) is 0 Å². The topological polar surface area (TPSA) is 43.4 Å². The van der Waals surface area contributed by atoms with Crippen molar-refractivity contribution in [3.05, 3.63) is 53.3 Å². The number of hydrogen-bond acceptors (Lipinski definition) is 4. The highest BCUT2D eigenvalue weighted by atomic mass is 16.5. The molecule has 1 atom stereocenters. The molecule has 0 amide bonds. The van der Waals surface area contributed by atoms with E-state index in [2.05, 4.69) is 23.3 Å². The van der Waals surface area contributed by atoms with Crippen LogP contribution >= 0.6 is 0 Å². The molecule has 0 aliphatic carbocycles. The monoisotopic (exact) mass is 286 g/mol. The molecule has 0 aliphatic rings. The predicted octanol–water partition coefficient (Wildman–Crippen LogP) is 3.11. The van der Waals surface area contributed by atoms with E-state index in [1.165, 1.54) is 5.56 Å². The van der Waals surface area contributed by atoms with E-state index in [1.807, 2.05) is 37.4 Å². The Morgan fingerprint density at radius 1 is 1.14 bits per heavy atom. The van der Waals surface area contributed by atoms with Gasteiger partial charge in [0.25, 0.3) is 0 Å². The number of hydrogen-bond donors (Lipinski definition) is 1. The van der Waals surface area contributed by atoms with Gasteiger partial charge in [0.1, 0.15) is 11.5 Å². The SMILES string of the molecule is CCNC(c1ccnc(C)c1)c1ccc(OC)cc1OC. The van der Waals surface area contributed by atoms with Crippen LogP contribution in [0.2, 0.25) is 0 Å². The molecular formula is C17H22N2O2. The van der Waals surface area contributed by atoms with Crippen LogP contribution in [0.1, 0.15) is 29.8 Å². The van der Waals surface area contributed by atoms with Crippen molar-refractivity contribution in [2.45, 2.75) is 19.9 Å². The lowest BCUT2D eigenvalue weighted by Gasteiger charge is -2.22. The number of rotatable bonds is 6. The maximum absolute atomic E-state index is 5.53. The second kappa shape index (κ2) is 7.09. The second-order valence-electron chi connectivity index (χ2n) is 4.83. The van der Waals surface area contributed by atoms with Crippen molar-refractivity contribution >= 4 is 0 Å². The number of methoxy groups -OCH3 is 2. The lowest BCUT2D eigenvalue weighted by atomic mass is 9.97. The number of benzene rings is 1. The van der Waals surface area contributed by atoms with Gasteiger partial charge in [-0.15, -0.1) is 0 Å². The van der Waals surface area contributed by atoms with Crippen molar-refractivity contribution in [3.63, 3.8) is 0 Å². The molecule has 0 radical (unpaired) electrons. The van der Waals surface area contributed by atoms with Crippen molar-refractivity contribution in [1.82, 2.24) is 10.3 Å². The Morgan fingerprint density at radius 3 is 2.57 bits per heavy atom. The molecule has 0 bridgehead atoms. The highest BCUT2D eigenvalue weighted by Gasteiger charge is 2.18. The summed E-state index contributed by atoms with van der Waals surface area (Å²) in [6.07, 6.45) is 1.84. The molecule has 0 fully saturated rings. The number of nitrogens with zero attached hydrogens (tertiary/aromatic N) is 1. The van der Waals surface area contributed by atoms with E-state index in [1.54, 1.807) is 14.2 Å². The second-order valence-corrected chi connectivity index (χ2v) is 4.83. The first kappa shape index (κ1) is 15.3. The summed E-state index contributed by atoms with van der Waals surface area (Å²) in [5, 5.41) is 3.51. The van der Waals surface area contributed by atoms with Crippen LogP contribution in [0.3, 0.4) is 0 Å².